The zero-order valence-corrected chi connectivity index (χ0v) is 29.5. The fourth-order valence-electron chi connectivity index (χ4n) is 7.38. The summed E-state index contributed by atoms with van der Waals surface area (Å²) in [6, 6.07) is 11.8. The maximum absolute atomic E-state index is 14.8. The highest BCUT2D eigenvalue weighted by atomic mass is 19.1. The van der Waals surface area contributed by atoms with Crippen molar-refractivity contribution in [3.63, 3.8) is 0 Å². The Balaban J connectivity index is 1.65. The minimum atomic E-state index is -1.17. The predicted octanol–water partition coefficient (Wildman–Crippen LogP) is 6.14. The Morgan fingerprint density at radius 2 is 1.83 bits per heavy atom. The molecule has 258 valence electrons. The number of anilines is 1. The van der Waals surface area contributed by atoms with Crippen LogP contribution in [0.25, 0.3) is 0 Å². The SMILES string of the molecule is COc1ccc(C(C)(C)C)cc1CN[C@H]1[C@H](C(C)(C)C)[C@@H](C(=O)O)N(C(=O)[C@@H]2CCc3cc(F)ccc3O2)[C@H]1c1cccnc1N(C)C. The number of halogens is 1. The van der Waals surface area contributed by atoms with Crippen molar-refractivity contribution in [3.8, 4) is 11.5 Å². The van der Waals surface area contributed by atoms with Crippen LogP contribution in [-0.2, 0) is 28.0 Å². The number of nitrogens with one attached hydrogen (secondary N) is 1. The van der Waals surface area contributed by atoms with Gasteiger partial charge in [-0.2, -0.15) is 0 Å². The molecule has 2 aliphatic heterocycles. The molecule has 10 heteroatoms. The molecule has 2 N–H and O–H groups in total. The summed E-state index contributed by atoms with van der Waals surface area (Å²) in [5.41, 5.74) is 2.87. The second-order valence-electron chi connectivity index (χ2n) is 15.3. The molecule has 48 heavy (non-hydrogen) atoms. The Morgan fingerprint density at radius 1 is 1.10 bits per heavy atom. The Morgan fingerprint density at radius 3 is 2.46 bits per heavy atom. The number of aromatic nitrogens is 1. The van der Waals surface area contributed by atoms with E-state index in [0.29, 0.717) is 36.5 Å². The molecule has 2 aliphatic rings. The third-order valence-electron chi connectivity index (χ3n) is 9.65. The molecule has 0 aliphatic carbocycles. The number of carboxylic acid groups (broad SMARTS) is 1. The number of nitrogens with zero attached hydrogens (tertiary/aromatic N) is 3. The van der Waals surface area contributed by atoms with E-state index < -0.39 is 47.4 Å². The number of pyridine rings is 1. The normalized spacial score (nSPS) is 22.5. The number of aliphatic carboxylic acids is 1. The average molecular weight is 661 g/mol. The number of carbonyl (C=O) groups is 2. The molecule has 1 fully saturated rings. The molecule has 0 saturated carbocycles. The van der Waals surface area contributed by atoms with Gasteiger partial charge in [-0.1, -0.05) is 59.7 Å². The fraction of sp³-hybridized carbons (Fsp3) is 0.500. The third kappa shape index (κ3) is 6.86. The van der Waals surface area contributed by atoms with E-state index >= 15 is 0 Å². The van der Waals surface area contributed by atoms with Crippen LogP contribution in [0.15, 0.2) is 54.7 Å². The summed E-state index contributed by atoms with van der Waals surface area (Å²) in [6.07, 6.45) is 1.49. The summed E-state index contributed by atoms with van der Waals surface area (Å²) in [5, 5.41) is 14.7. The Bertz CT molecular complexity index is 1660. The van der Waals surface area contributed by atoms with Gasteiger partial charge in [0.25, 0.3) is 5.91 Å². The van der Waals surface area contributed by atoms with E-state index in [1.807, 2.05) is 58.0 Å². The first-order chi connectivity index (χ1) is 22.5. The first-order valence-corrected chi connectivity index (χ1v) is 16.6. The van der Waals surface area contributed by atoms with Gasteiger partial charge in [-0.05, 0) is 65.1 Å². The van der Waals surface area contributed by atoms with Crippen LogP contribution >= 0.6 is 0 Å². The zero-order chi connectivity index (χ0) is 35.1. The summed E-state index contributed by atoms with van der Waals surface area (Å²) < 4.78 is 25.9. The van der Waals surface area contributed by atoms with Crippen LogP contribution in [0.1, 0.15) is 76.3 Å². The Labute approximate surface area is 283 Å². The summed E-state index contributed by atoms with van der Waals surface area (Å²) >= 11 is 0. The number of fused-ring (bicyclic) bond motifs is 1. The molecule has 3 heterocycles. The summed E-state index contributed by atoms with van der Waals surface area (Å²) in [7, 11) is 5.41. The second kappa shape index (κ2) is 13.4. The lowest BCUT2D eigenvalue weighted by Gasteiger charge is -2.36. The number of hydrogen-bond donors (Lipinski definition) is 2. The molecule has 0 spiro atoms. The van der Waals surface area contributed by atoms with Gasteiger partial charge in [-0.3, -0.25) is 4.79 Å². The maximum atomic E-state index is 14.8. The predicted molar refractivity (Wildman–Crippen MR) is 184 cm³/mol. The molecule has 0 bridgehead atoms. The molecule has 1 aromatic heterocycles. The number of hydrogen-bond acceptors (Lipinski definition) is 7. The third-order valence-corrected chi connectivity index (χ3v) is 9.65. The number of methoxy groups -OCH3 is 1. The van der Waals surface area contributed by atoms with Gasteiger partial charge in [-0.25, -0.2) is 14.2 Å². The fourth-order valence-corrected chi connectivity index (χ4v) is 7.38. The van der Waals surface area contributed by atoms with Gasteiger partial charge in [0.05, 0.1) is 13.2 Å². The van der Waals surface area contributed by atoms with Crippen molar-refractivity contribution in [1.29, 1.82) is 0 Å². The Hall–Kier alpha value is -4.18. The quantitative estimate of drug-likeness (QED) is 0.297. The van der Waals surface area contributed by atoms with Crippen molar-refractivity contribution < 1.29 is 28.6 Å². The average Bonchev–Trinajstić information content (AvgIpc) is 3.38. The summed E-state index contributed by atoms with van der Waals surface area (Å²) in [6.45, 7) is 12.9. The smallest absolute Gasteiger partial charge is 0.326 e. The van der Waals surface area contributed by atoms with Crippen molar-refractivity contribution in [1.82, 2.24) is 15.2 Å². The van der Waals surface area contributed by atoms with E-state index in [2.05, 4.69) is 43.2 Å². The van der Waals surface area contributed by atoms with Crippen molar-refractivity contribution in [2.75, 3.05) is 26.1 Å². The standard InChI is InChI=1S/C38H49FN4O5/c1-37(2,3)24-13-16-27(47-9)23(19-24)21-41-31-30(38(4,5)6)33(36(45)46)43(32(31)26-11-10-18-40-34(26)42(7)8)35(44)29-15-12-22-20-25(39)14-17-28(22)48-29/h10-11,13-14,16-20,29-33,41H,12,15,21H2,1-9H3,(H,45,46)/t29-,30-,31-,32-,33-/m0/s1. The first-order valence-electron chi connectivity index (χ1n) is 16.6. The van der Waals surface area contributed by atoms with Crippen LogP contribution in [0.4, 0.5) is 10.2 Å². The molecule has 0 unspecified atom stereocenters. The lowest BCUT2D eigenvalue weighted by molar-refractivity contribution is -0.155. The van der Waals surface area contributed by atoms with Crippen LogP contribution in [0.3, 0.4) is 0 Å². The number of carbonyl (C=O) groups excluding carboxylic acids is 1. The molecule has 1 amide bonds. The van der Waals surface area contributed by atoms with Gasteiger partial charge >= 0.3 is 5.97 Å². The van der Waals surface area contributed by atoms with Crippen LogP contribution in [-0.4, -0.2) is 66.3 Å². The monoisotopic (exact) mass is 660 g/mol. The molecule has 5 atom stereocenters. The van der Waals surface area contributed by atoms with Gasteiger partial charge in [0.15, 0.2) is 6.10 Å². The molecule has 0 radical (unpaired) electrons. The van der Waals surface area contributed by atoms with Gasteiger partial charge in [-0.15, -0.1) is 0 Å². The van der Waals surface area contributed by atoms with Crippen LogP contribution in [0.5, 0.6) is 11.5 Å². The minimum absolute atomic E-state index is 0.0941. The minimum Gasteiger partial charge on any atom is -0.496 e. The molecule has 5 rings (SSSR count). The maximum Gasteiger partial charge on any atom is 0.326 e. The van der Waals surface area contributed by atoms with E-state index in [0.717, 1.165) is 22.4 Å². The number of rotatable bonds is 8. The largest absolute Gasteiger partial charge is 0.496 e. The summed E-state index contributed by atoms with van der Waals surface area (Å²) in [4.78, 5) is 36.3. The van der Waals surface area contributed by atoms with Gasteiger partial charge in [0.1, 0.15) is 29.2 Å². The number of benzene rings is 2. The Kier molecular flexibility index (Phi) is 9.79. The van der Waals surface area contributed by atoms with Crippen LogP contribution in [0.2, 0.25) is 0 Å². The molecule has 1 saturated heterocycles. The zero-order valence-electron chi connectivity index (χ0n) is 29.5. The number of carboxylic acids is 1. The van der Waals surface area contributed by atoms with Crippen LogP contribution in [0, 0.1) is 17.2 Å². The molecular weight excluding hydrogens is 611 g/mol. The molecular formula is C38H49FN4O5. The van der Waals surface area contributed by atoms with Gasteiger partial charge in [0, 0.05) is 49.9 Å². The summed E-state index contributed by atoms with van der Waals surface area (Å²) in [5.74, 6) is -0.579. The highest BCUT2D eigenvalue weighted by Gasteiger charge is 2.59. The van der Waals surface area contributed by atoms with Crippen molar-refractivity contribution in [2.45, 2.75) is 90.6 Å². The highest BCUT2D eigenvalue weighted by molar-refractivity contribution is 5.89. The highest BCUT2D eigenvalue weighted by Crippen LogP contribution is 2.50. The topological polar surface area (TPSA) is 104 Å². The van der Waals surface area contributed by atoms with E-state index in [-0.39, 0.29) is 11.2 Å². The lowest BCUT2D eigenvalue weighted by atomic mass is 9.72. The van der Waals surface area contributed by atoms with Gasteiger partial charge in [0.2, 0.25) is 0 Å². The van der Waals surface area contributed by atoms with E-state index in [4.69, 9.17) is 9.47 Å². The van der Waals surface area contributed by atoms with E-state index in [9.17, 15) is 19.1 Å². The number of aryl methyl sites for hydroxylation is 1. The van der Waals surface area contributed by atoms with Crippen molar-refractivity contribution in [2.24, 2.45) is 11.3 Å². The van der Waals surface area contributed by atoms with Crippen molar-refractivity contribution >= 4 is 17.7 Å². The van der Waals surface area contributed by atoms with Gasteiger partial charge < -0.3 is 29.7 Å². The number of likely N-dealkylation sites (tertiary alicyclic amines) is 1. The second-order valence-corrected chi connectivity index (χ2v) is 15.3. The molecule has 2 aromatic carbocycles. The van der Waals surface area contributed by atoms with E-state index in [1.54, 1.807) is 13.3 Å². The number of amides is 1. The first kappa shape index (κ1) is 35.1. The molecule has 9 nitrogen and oxygen atoms in total. The number of ether oxygens (including phenoxy) is 2. The lowest BCUT2D eigenvalue weighted by Crippen LogP contribution is -2.51. The molecule has 3 aromatic rings. The van der Waals surface area contributed by atoms with Crippen molar-refractivity contribution in [3.05, 3.63) is 82.8 Å². The van der Waals surface area contributed by atoms with Crippen LogP contribution < -0.4 is 19.7 Å². The van der Waals surface area contributed by atoms with E-state index in [1.165, 1.54) is 23.1 Å².